The molecule has 0 bridgehead atoms. The number of carbonyl (C=O) groups is 1. The summed E-state index contributed by atoms with van der Waals surface area (Å²) < 4.78 is 10.3. The van der Waals surface area contributed by atoms with Crippen molar-refractivity contribution in [1.82, 2.24) is 0 Å². The molecule has 2 N–H and O–H groups in total. The highest BCUT2D eigenvalue weighted by atomic mass is 16.5. The lowest BCUT2D eigenvalue weighted by atomic mass is 9.65. The van der Waals surface area contributed by atoms with Crippen molar-refractivity contribution in [2.45, 2.75) is 38.5 Å². The van der Waals surface area contributed by atoms with Gasteiger partial charge in [-0.3, -0.25) is 4.79 Å². The Hall–Kier alpha value is -1.07. The van der Waals surface area contributed by atoms with Crippen molar-refractivity contribution in [3.05, 3.63) is 12.3 Å². The average molecular weight is 312 g/mol. The van der Waals surface area contributed by atoms with Gasteiger partial charge in [0.25, 0.3) is 0 Å². The van der Waals surface area contributed by atoms with Crippen molar-refractivity contribution in [1.29, 1.82) is 0 Å². The first-order valence-electron chi connectivity index (χ1n) is 8.41. The number of hydrogen-bond donors (Lipinski definition) is 2. The van der Waals surface area contributed by atoms with Crippen LogP contribution in [0.25, 0.3) is 0 Å². The number of rotatable bonds is 7. The van der Waals surface area contributed by atoms with E-state index in [9.17, 15) is 4.79 Å². The van der Waals surface area contributed by atoms with E-state index in [4.69, 9.17) is 19.7 Å². The van der Waals surface area contributed by atoms with Gasteiger partial charge in [-0.2, -0.15) is 0 Å². The predicted octanol–water partition coefficient (Wildman–Crippen LogP) is 1.88. The van der Waals surface area contributed by atoms with E-state index >= 15 is 0 Å². The van der Waals surface area contributed by atoms with Gasteiger partial charge in [-0.25, -0.2) is 0 Å². The van der Waals surface area contributed by atoms with Gasteiger partial charge in [-0.15, -0.1) is 0 Å². The number of allylic oxidation sites excluding steroid dienone is 1. The third-order valence-corrected chi connectivity index (χ3v) is 4.98. The van der Waals surface area contributed by atoms with E-state index in [0.717, 1.165) is 32.1 Å². The van der Waals surface area contributed by atoms with Crippen molar-refractivity contribution in [2.75, 3.05) is 26.4 Å². The van der Waals surface area contributed by atoms with Crippen molar-refractivity contribution in [2.24, 2.45) is 23.7 Å². The lowest BCUT2D eigenvalue weighted by Gasteiger charge is -2.40. The molecule has 0 spiro atoms. The van der Waals surface area contributed by atoms with Crippen LogP contribution in [0.4, 0.5) is 0 Å². The Kier molecular flexibility index (Phi) is 7.19. The molecule has 0 amide bonds. The summed E-state index contributed by atoms with van der Waals surface area (Å²) >= 11 is 0. The van der Waals surface area contributed by atoms with Crippen LogP contribution in [0.15, 0.2) is 12.3 Å². The van der Waals surface area contributed by atoms with Gasteiger partial charge in [-0.1, -0.05) is 0 Å². The quantitative estimate of drug-likeness (QED) is 0.426. The molecule has 2 fully saturated rings. The highest BCUT2D eigenvalue weighted by molar-refractivity contribution is 5.72. The zero-order chi connectivity index (χ0) is 15.8. The minimum absolute atomic E-state index is 0.0211. The van der Waals surface area contributed by atoms with Crippen LogP contribution >= 0.6 is 0 Å². The molecule has 0 radical (unpaired) electrons. The van der Waals surface area contributed by atoms with E-state index in [1.54, 1.807) is 6.26 Å². The number of aliphatic hydroxyl groups excluding tert-OH is 2. The second-order valence-corrected chi connectivity index (χ2v) is 6.42. The molecular weight excluding hydrogens is 284 g/mol. The Labute approximate surface area is 132 Å². The summed E-state index contributed by atoms with van der Waals surface area (Å²) in [5, 5.41) is 17.4. The first-order valence-corrected chi connectivity index (χ1v) is 8.41. The molecular formula is C17H28O5. The largest absolute Gasteiger partial charge is 0.499 e. The zero-order valence-corrected chi connectivity index (χ0v) is 13.2. The average Bonchev–Trinajstić information content (AvgIpc) is 2.56. The fourth-order valence-corrected chi connectivity index (χ4v) is 3.87. The van der Waals surface area contributed by atoms with Crippen molar-refractivity contribution in [3.63, 3.8) is 0 Å². The second kappa shape index (κ2) is 9.16. The number of ether oxygens (including phenoxy) is 2. The molecule has 0 saturated heterocycles. The number of esters is 1. The Morgan fingerprint density at radius 2 is 1.73 bits per heavy atom. The summed E-state index contributed by atoms with van der Waals surface area (Å²) in [6.07, 6.45) is 10.2. The van der Waals surface area contributed by atoms with Gasteiger partial charge in [0.15, 0.2) is 0 Å². The lowest BCUT2D eigenvalue weighted by molar-refractivity contribution is -0.152. The summed E-state index contributed by atoms with van der Waals surface area (Å²) in [5.74, 6) is 1.77. The molecule has 0 aromatic carbocycles. The minimum Gasteiger partial charge on any atom is -0.499 e. The molecule has 5 nitrogen and oxygen atoms in total. The minimum atomic E-state index is -0.132. The van der Waals surface area contributed by atoms with Gasteiger partial charge in [0, 0.05) is 0 Å². The Balaban J connectivity index is 1.75. The van der Waals surface area contributed by atoms with E-state index in [1.807, 2.05) is 0 Å². The third-order valence-electron chi connectivity index (χ3n) is 4.98. The first kappa shape index (κ1) is 17.3. The number of hydrogen-bond acceptors (Lipinski definition) is 5. The van der Waals surface area contributed by atoms with Crippen LogP contribution in [-0.2, 0) is 14.3 Å². The monoisotopic (exact) mass is 312 g/mol. The molecule has 2 saturated carbocycles. The molecule has 2 rings (SSSR count). The fraction of sp³-hybridized carbons (Fsp3) is 0.824. The van der Waals surface area contributed by atoms with Gasteiger partial charge >= 0.3 is 5.97 Å². The second-order valence-electron chi connectivity index (χ2n) is 6.42. The zero-order valence-electron chi connectivity index (χ0n) is 13.2. The van der Waals surface area contributed by atoms with E-state index < -0.39 is 0 Å². The Morgan fingerprint density at radius 1 is 1.00 bits per heavy atom. The molecule has 0 aliphatic heterocycles. The normalized spacial score (nSPS) is 31.7. The molecule has 22 heavy (non-hydrogen) atoms. The Morgan fingerprint density at radius 3 is 2.50 bits per heavy atom. The van der Waals surface area contributed by atoms with E-state index in [-0.39, 0.29) is 31.7 Å². The van der Waals surface area contributed by atoms with Crippen LogP contribution in [0.5, 0.6) is 0 Å². The van der Waals surface area contributed by atoms with Gasteiger partial charge in [0.05, 0.1) is 25.4 Å². The fourth-order valence-electron chi connectivity index (χ4n) is 3.87. The lowest BCUT2D eigenvalue weighted by Crippen LogP contribution is -2.34. The van der Waals surface area contributed by atoms with Gasteiger partial charge in [0.1, 0.15) is 13.2 Å². The molecule has 0 aromatic rings. The highest BCUT2D eigenvalue weighted by Crippen LogP contribution is 2.45. The molecule has 2 aliphatic rings. The van der Waals surface area contributed by atoms with Gasteiger partial charge in [-0.05, 0) is 62.4 Å². The van der Waals surface area contributed by atoms with Crippen LogP contribution in [0.1, 0.15) is 38.5 Å². The number of carbonyl (C=O) groups excluding carboxylic acids is 1. The summed E-state index contributed by atoms with van der Waals surface area (Å²) in [7, 11) is 0. The Bertz CT molecular complexity index is 368. The van der Waals surface area contributed by atoms with Crippen molar-refractivity contribution < 1.29 is 24.5 Å². The predicted molar refractivity (Wildman–Crippen MR) is 81.9 cm³/mol. The van der Waals surface area contributed by atoms with Crippen LogP contribution in [0, 0.1) is 23.7 Å². The molecule has 4 atom stereocenters. The molecule has 5 heteroatoms. The van der Waals surface area contributed by atoms with E-state index in [0.29, 0.717) is 24.4 Å². The standard InChI is InChI=1S/C17H28O5/c18-6-9-21-8-5-13-1-2-15-12-16(4-3-14(15)11-13)17(20)22-10-7-19/h5,8,13-16,18-19H,1-4,6-7,9-12H2/b8-5+. The first-order chi connectivity index (χ1) is 10.7. The molecule has 0 heterocycles. The van der Waals surface area contributed by atoms with Crippen LogP contribution in [-0.4, -0.2) is 42.6 Å². The maximum atomic E-state index is 11.9. The van der Waals surface area contributed by atoms with Crippen LogP contribution in [0.3, 0.4) is 0 Å². The summed E-state index contributed by atoms with van der Waals surface area (Å²) in [5.41, 5.74) is 0. The van der Waals surface area contributed by atoms with E-state index in [1.165, 1.54) is 6.42 Å². The van der Waals surface area contributed by atoms with Gasteiger partial charge < -0.3 is 19.7 Å². The highest BCUT2D eigenvalue weighted by Gasteiger charge is 2.37. The SMILES string of the molecule is O=C(OCCO)C1CCC2CC(/C=C/OCCO)CCC2C1. The third kappa shape index (κ3) is 4.99. The van der Waals surface area contributed by atoms with Crippen LogP contribution in [0.2, 0.25) is 0 Å². The number of fused-ring (bicyclic) bond motifs is 1. The topological polar surface area (TPSA) is 76.0 Å². The van der Waals surface area contributed by atoms with E-state index in [2.05, 4.69) is 6.08 Å². The smallest absolute Gasteiger partial charge is 0.309 e. The molecule has 2 aliphatic carbocycles. The summed E-state index contributed by atoms with van der Waals surface area (Å²) in [6, 6.07) is 0. The van der Waals surface area contributed by atoms with Crippen LogP contribution < -0.4 is 0 Å². The molecule has 0 aromatic heterocycles. The maximum Gasteiger partial charge on any atom is 0.309 e. The van der Waals surface area contributed by atoms with Gasteiger partial charge in [0.2, 0.25) is 0 Å². The summed E-state index contributed by atoms with van der Waals surface area (Å²) in [6.45, 7) is 0.418. The molecule has 4 unspecified atom stereocenters. The van der Waals surface area contributed by atoms with Crippen molar-refractivity contribution >= 4 is 5.97 Å². The number of aliphatic hydroxyl groups is 2. The molecule has 126 valence electrons. The maximum absolute atomic E-state index is 11.9. The summed E-state index contributed by atoms with van der Waals surface area (Å²) in [4.78, 5) is 11.9. The van der Waals surface area contributed by atoms with Crippen molar-refractivity contribution in [3.8, 4) is 0 Å².